The third-order valence-corrected chi connectivity index (χ3v) is 8.92. The summed E-state index contributed by atoms with van der Waals surface area (Å²) in [6.07, 6.45) is 7.73. The molecule has 0 fully saturated rings. The molecule has 4 heteroatoms. The van der Waals surface area contributed by atoms with Gasteiger partial charge in [-0.2, -0.15) is 0 Å². The molecule has 0 saturated heterocycles. The van der Waals surface area contributed by atoms with Crippen molar-refractivity contribution in [1.29, 1.82) is 0 Å². The molecule has 2 aliphatic heterocycles. The predicted molar refractivity (Wildman–Crippen MR) is 153 cm³/mol. The summed E-state index contributed by atoms with van der Waals surface area (Å²) in [5.74, 6) is 0. The van der Waals surface area contributed by atoms with E-state index >= 15 is 0 Å². The van der Waals surface area contributed by atoms with Crippen LogP contribution >= 0.6 is 0 Å². The molecule has 1 spiro atoms. The SMILES string of the molecule is C1=C(c2ccccc2)N[C@H](c2cccc3c2C2(CC3)CCc3cccc([C@H]4NC(c5ccccc5)=CO4)c32)O1. The van der Waals surface area contributed by atoms with Crippen molar-refractivity contribution >= 4 is 11.4 Å². The van der Waals surface area contributed by atoms with Crippen LogP contribution in [-0.4, -0.2) is 0 Å². The number of hydrogen-bond acceptors (Lipinski definition) is 4. The predicted octanol–water partition coefficient (Wildman–Crippen LogP) is 7.10. The quantitative estimate of drug-likeness (QED) is 0.307. The minimum absolute atomic E-state index is 0.0427. The smallest absolute Gasteiger partial charge is 0.196 e. The lowest BCUT2D eigenvalue weighted by molar-refractivity contribution is 0.151. The summed E-state index contributed by atoms with van der Waals surface area (Å²) < 4.78 is 12.6. The third kappa shape index (κ3) is 3.51. The number of fused-ring (bicyclic) bond motifs is 4. The van der Waals surface area contributed by atoms with Crippen LogP contribution in [0.15, 0.2) is 110 Å². The van der Waals surface area contributed by atoms with E-state index in [0.29, 0.717) is 0 Å². The van der Waals surface area contributed by atoms with Crippen LogP contribution in [-0.2, 0) is 27.7 Å². The fraction of sp³-hybridized carbons (Fsp3) is 0.200. The Kier molecular flexibility index (Phi) is 5.09. The van der Waals surface area contributed by atoms with E-state index in [4.69, 9.17) is 9.47 Å². The van der Waals surface area contributed by atoms with Gasteiger partial charge in [0.2, 0.25) is 0 Å². The van der Waals surface area contributed by atoms with Crippen molar-refractivity contribution in [3.63, 3.8) is 0 Å². The van der Waals surface area contributed by atoms with Gasteiger partial charge in [0, 0.05) is 27.7 Å². The summed E-state index contributed by atoms with van der Waals surface area (Å²) in [4.78, 5) is 0. The first-order chi connectivity index (χ1) is 19.3. The Hall–Kier alpha value is -4.44. The Labute approximate surface area is 229 Å². The van der Waals surface area contributed by atoms with Gasteiger partial charge in [-0.25, -0.2) is 0 Å². The van der Waals surface area contributed by atoms with E-state index in [1.54, 1.807) is 0 Å². The summed E-state index contributed by atoms with van der Waals surface area (Å²) in [7, 11) is 0. The monoisotopic (exact) mass is 510 g/mol. The lowest BCUT2D eigenvalue weighted by Gasteiger charge is -2.33. The molecule has 2 atom stereocenters. The molecule has 4 aromatic rings. The molecule has 39 heavy (non-hydrogen) atoms. The van der Waals surface area contributed by atoms with Gasteiger partial charge in [-0.3, -0.25) is 0 Å². The van der Waals surface area contributed by atoms with Crippen molar-refractivity contribution < 1.29 is 9.47 Å². The van der Waals surface area contributed by atoms with Crippen LogP contribution in [0.2, 0.25) is 0 Å². The summed E-state index contributed by atoms with van der Waals surface area (Å²) in [6, 6.07) is 34.3. The largest absolute Gasteiger partial charge is 0.472 e. The molecule has 0 saturated carbocycles. The highest BCUT2D eigenvalue weighted by atomic mass is 16.5. The first-order valence-electron chi connectivity index (χ1n) is 13.9. The van der Waals surface area contributed by atoms with Crippen molar-refractivity contribution in [2.24, 2.45) is 0 Å². The van der Waals surface area contributed by atoms with Crippen LogP contribution in [0.25, 0.3) is 11.4 Å². The number of benzene rings is 4. The Morgan fingerprint density at radius 2 is 1.00 bits per heavy atom. The molecular weight excluding hydrogens is 480 g/mol. The van der Waals surface area contributed by atoms with Crippen molar-refractivity contribution in [2.75, 3.05) is 0 Å². The fourth-order valence-corrected chi connectivity index (χ4v) is 7.24. The number of hydrogen-bond donors (Lipinski definition) is 2. The lowest BCUT2D eigenvalue weighted by atomic mass is 9.72. The second-order valence-electron chi connectivity index (χ2n) is 11.0. The molecule has 0 radical (unpaired) electrons. The van der Waals surface area contributed by atoms with Crippen LogP contribution in [0.4, 0.5) is 0 Å². The summed E-state index contributed by atoms with van der Waals surface area (Å²) in [5.41, 5.74) is 12.6. The molecule has 8 rings (SSSR count). The minimum atomic E-state index is -0.200. The zero-order chi connectivity index (χ0) is 25.8. The van der Waals surface area contributed by atoms with Gasteiger partial charge in [-0.05, 0) is 47.9 Å². The Morgan fingerprint density at radius 3 is 1.46 bits per heavy atom. The first kappa shape index (κ1) is 22.5. The Balaban J connectivity index is 1.17. The Bertz CT molecular complexity index is 1500. The zero-order valence-electron chi connectivity index (χ0n) is 21.7. The number of rotatable bonds is 4. The van der Waals surface area contributed by atoms with E-state index in [1.807, 2.05) is 24.7 Å². The highest BCUT2D eigenvalue weighted by Crippen LogP contribution is 2.56. The van der Waals surface area contributed by atoms with E-state index in [9.17, 15) is 0 Å². The van der Waals surface area contributed by atoms with Crippen LogP contribution in [0.5, 0.6) is 0 Å². The normalized spacial score (nSPS) is 21.7. The van der Waals surface area contributed by atoms with Gasteiger partial charge < -0.3 is 20.1 Å². The topological polar surface area (TPSA) is 42.5 Å². The van der Waals surface area contributed by atoms with Gasteiger partial charge in [-0.15, -0.1) is 0 Å². The second kappa shape index (κ2) is 8.81. The molecule has 4 nitrogen and oxygen atoms in total. The third-order valence-electron chi connectivity index (χ3n) is 8.92. The van der Waals surface area contributed by atoms with Gasteiger partial charge >= 0.3 is 0 Å². The van der Waals surface area contributed by atoms with Gasteiger partial charge in [0.15, 0.2) is 12.5 Å². The minimum Gasteiger partial charge on any atom is -0.472 e. The number of ether oxygens (including phenoxy) is 2. The molecule has 0 aromatic heterocycles. The van der Waals surface area contributed by atoms with Crippen LogP contribution in [0.1, 0.15) is 69.8 Å². The second-order valence-corrected chi connectivity index (χ2v) is 11.0. The van der Waals surface area contributed by atoms with E-state index < -0.39 is 0 Å². The van der Waals surface area contributed by atoms with Gasteiger partial charge in [0.05, 0.1) is 11.4 Å². The molecule has 192 valence electrons. The Morgan fingerprint density at radius 1 is 0.538 bits per heavy atom. The van der Waals surface area contributed by atoms with Crippen molar-refractivity contribution in [1.82, 2.24) is 10.6 Å². The van der Waals surface area contributed by atoms with Crippen LogP contribution in [0, 0.1) is 0 Å². The van der Waals surface area contributed by atoms with E-state index in [1.165, 1.54) is 33.4 Å². The molecule has 0 bridgehead atoms. The van der Waals surface area contributed by atoms with Crippen LogP contribution in [0.3, 0.4) is 0 Å². The van der Waals surface area contributed by atoms with Gasteiger partial charge in [0.25, 0.3) is 0 Å². The molecule has 0 amide bonds. The average Bonchev–Trinajstić information content (AvgIpc) is 3.81. The maximum atomic E-state index is 6.30. The number of nitrogens with one attached hydrogen (secondary N) is 2. The van der Waals surface area contributed by atoms with E-state index in [0.717, 1.165) is 48.2 Å². The molecule has 4 aromatic carbocycles. The van der Waals surface area contributed by atoms with Crippen molar-refractivity contribution in [2.45, 2.75) is 43.6 Å². The first-order valence-corrected chi connectivity index (χ1v) is 13.9. The molecule has 2 aliphatic carbocycles. The summed E-state index contributed by atoms with van der Waals surface area (Å²) in [5, 5.41) is 7.34. The molecule has 0 unspecified atom stereocenters. The highest BCUT2D eigenvalue weighted by Gasteiger charge is 2.49. The van der Waals surface area contributed by atoms with E-state index in [-0.39, 0.29) is 17.9 Å². The van der Waals surface area contributed by atoms with Gasteiger partial charge in [0.1, 0.15) is 12.5 Å². The molecule has 4 aliphatic rings. The van der Waals surface area contributed by atoms with E-state index in [2.05, 4.69) is 95.6 Å². The molecular formula is C35H30N2O2. The lowest BCUT2D eigenvalue weighted by Crippen LogP contribution is -2.29. The maximum Gasteiger partial charge on any atom is 0.196 e. The maximum absolute atomic E-state index is 6.30. The zero-order valence-corrected chi connectivity index (χ0v) is 21.7. The fourth-order valence-electron chi connectivity index (χ4n) is 7.24. The van der Waals surface area contributed by atoms with Crippen molar-refractivity contribution in [3.8, 4) is 0 Å². The van der Waals surface area contributed by atoms with Crippen molar-refractivity contribution in [3.05, 3.63) is 154 Å². The van der Waals surface area contributed by atoms with Crippen LogP contribution < -0.4 is 10.6 Å². The summed E-state index contributed by atoms with van der Waals surface area (Å²) >= 11 is 0. The molecule has 2 heterocycles. The van der Waals surface area contributed by atoms with Gasteiger partial charge in [-0.1, -0.05) is 97.1 Å². The standard InChI is InChI=1S/C35H30N2O2/c1-3-9-23(10-4-1)29-21-38-33(36-29)27-15-7-13-25-17-19-35(31(25)27)20-18-26-14-8-16-28(32(26)35)34-37-30(22-39-34)24-11-5-2-6-12-24/h1-16,21-22,33-34,36-37H,17-20H2/t33-,34-,35?/m0/s1. The molecule has 2 N–H and O–H groups in total. The summed E-state index contributed by atoms with van der Waals surface area (Å²) in [6.45, 7) is 0. The number of aryl methyl sites for hydroxylation is 2. The average molecular weight is 511 g/mol. The highest BCUT2D eigenvalue weighted by molar-refractivity contribution is 5.67.